The summed E-state index contributed by atoms with van der Waals surface area (Å²) in [4.78, 5) is 15.2. The van der Waals surface area contributed by atoms with E-state index in [1.807, 2.05) is 0 Å². The van der Waals surface area contributed by atoms with Crippen LogP contribution in [0.5, 0.6) is 5.88 Å². The highest BCUT2D eigenvalue weighted by molar-refractivity contribution is 6.39. The number of rotatable bonds is 4. The largest absolute Gasteiger partial charge is 0.465 e. The molecule has 22 heavy (non-hydrogen) atoms. The normalized spacial score (nSPS) is 20.7. The molecular formula is C13H13Cl2FN2O4. The second kappa shape index (κ2) is 6.28. The Morgan fingerprint density at radius 1 is 1.50 bits per heavy atom. The number of nitrogens with zero attached hydrogens (tertiary/aromatic N) is 1. The minimum Gasteiger partial charge on any atom is -0.465 e. The summed E-state index contributed by atoms with van der Waals surface area (Å²) < 4.78 is 29.3. The Balaban J connectivity index is 2.42. The lowest BCUT2D eigenvalue weighted by atomic mass is 10.0. The highest BCUT2D eigenvalue weighted by atomic mass is 35.5. The van der Waals surface area contributed by atoms with E-state index in [2.05, 4.69) is 16.3 Å². The predicted molar refractivity (Wildman–Crippen MR) is 78.3 cm³/mol. The molecule has 1 aliphatic rings. The van der Waals surface area contributed by atoms with E-state index in [4.69, 9.17) is 38.4 Å². The van der Waals surface area contributed by atoms with Gasteiger partial charge >= 0.3 is 5.97 Å². The summed E-state index contributed by atoms with van der Waals surface area (Å²) >= 11 is 11.6. The molecule has 1 unspecified atom stereocenters. The summed E-state index contributed by atoms with van der Waals surface area (Å²) in [6, 6.07) is 0. The van der Waals surface area contributed by atoms with Gasteiger partial charge < -0.3 is 19.9 Å². The number of carbonyl (C=O) groups is 1. The van der Waals surface area contributed by atoms with Crippen LogP contribution in [0, 0.1) is 5.95 Å². The van der Waals surface area contributed by atoms with Crippen LogP contribution >= 0.6 is 23.2 Å². The molecule has 0 spiro atoms. The molecule has 1 atom stereocenters. The highest BCUT2D eigenvalue weighted by Gasteiger charge is 2.45. The van der Waals surface area contributed by atoms with Crippen molar-refractivity contribution in [3.8, 4) is 5.88 Å². The topological polar surface area (TPSA) is 83.7 Å². The number of hydrogen-bond acceptors (Lipinski definition) is 6. The first-order chi connectivity index (χ1) is 10.3. The van der Waals surface area contributed by atoms with E-state index >= 15 is 0 Å². The summed E-state index contributed by atoms with van der Waals surface area (Å²) in [5, 5.41) is -0.593. The van der Waals surface area contributed by atoms with Crippen molar-refractivity contribution in [2.45, 2.75) is 18.6 Å². The lowest BCUT2D eigenvalue weighted by Crippen LogP contribution is -2.40. The van der Waals surface area contributed by atoms with Crippen LogP contribution in [0.2, 0.25) is 10.0 Å². The fourth-order valence-electron chi connectivity index (χ4n) is 2.01. The third kappa shape index (κ3) is 2.84. The molecule has 0 aliphatic carbocycles. The number of nitrogens with two attached hydrogens (primary N) is 1. The van der Waals surface area contributed by atoms with Gasteiger partial charge in [-0.3, -0.25) is 0 Å². The van der Waals surface area contributed by atoms with Gasteiger partial charge in [0.1, 0.15) is 15.6 Å². The van der Waals surface area contributed by atoms with Crippen LogP contribution in [-0.2, 0) is 14.3 Å². The van der Waals surface area contributed by atoms with Gasteiger partial charge in [-0.2, -0.15) is 9.37 Å². The molecule has 120 valence electrons. The number of ether oxygens (including phenoxy) is 3. The first-order valence-corrected chi connectivity index (χ1v) is 6.98. The predicted octanol–water partition coefficient (Wildman–Crippen LogP) is 2.72. The van der Waals surface area contributed by atoms with Gasteiger partial charge in [0, 0.05) is 6.42 Å². The van der Waals surface area contributed by atoms with E-state index in [0.29, 0.717) is 19.4 Å². The Hall–Kier alpha value is -1.57. The summed E-state index contributed by atoms with van der Waals surface area (Å²) in [6.07, 6.45) is 0.891. The van der Waals surface area contributed by atoms with E-state index in [-0.39, 0.29) is 22.2 Å². The zero-order valence-electron chi connectivity index (χ0n) is 11.6. The van der Waals surface area contributed by atoms with E-state index in [1.54, 1.807) is 0 Å². The molecule has 2 rings (SSSR count). The Morgan fingerprint density at radius 3 is 2.73 bits per heavy atom. The fraction of sp³-hybridized carbons (Fsp3) is 0.385. The molecule has 1 fully saturated rings. The minimum absolute atomic E-state index is 0.0840. The number of esters is 1. The maximum atomic E-state index is 13.6. The standard InChI is InChI=1S/C13H13Cl2FN2O4/c1-6(12(19)20-2)13(4-3-5-21-13)22-11-8(15)9(17)7(14)10(16)18-11/h1,3-5H2,2H3,(H2,17,18). The van der Waals surface area contributed by atoms with Crippen molar-refractivity contribution < 1.29 is 23.4 Å². The summed E-state index contributed by atoms with van der Waals surface area (Å²) in [6.45, 7) is 3.94. The Bertz CT molecular complexity index is 633. The van der Waals surface area contributed by atoms with Gasteiger partial charge in [0.05, 0.1) is 19.4 Å². The van der Waals surface area contributed by atoms with Gasteiger partial charge in [0.2, 0.25) is 17.6 Å². The molecule has 0 saturated carbocycles. The first-order valence-electron chi connectivity index (χ1n) is 6.23. The molecule has 1 aromatic rings. The van der Waals surface area contributed by atoms with Gasteiger partial charge in [-0.15, -0.1) is 0 Å². The van der Waals surface area contributed by atoms with Crippen LogP contribution in [-0.4, -0.2) is 30.5 Å². The summed E-state index contributed by atoms with van der Waals surface area (Å²) in [5.74, 6) is -3.64. The van der Waals surface area contributed by atoms with E-state index in [0.717, 1.165) is 0 Å². The van der Waals surface area contributed by atoms with Gasteiger partial charge in [-0.05, 0) is 6.42 Å². The number of methoxy groups -OCH3 is 1. The van der Waals surface area contributed by atoms with Crippen molar-refractivity contribution in [2.75, 3.05) is 19.5 Å². The van der Waals surface area contributed by atoms with Crippen molar-refractivity contribution in [1.29, 1.82) is 0 Å². The number of carbonyl (C=O) groups excluding carboxylic acids is 1. The second-order valence-electron chi connectivity index (χ2n) is 4.53. The Kier molecular flexibility index (Phi) is 4.79. The summed E-state index contributed by atoms with van der Waals surface area (Å²) in [5.41, 5.74) is 5.28. The van der Waals surface area contributed by atoms with E-state index < -0.39 is 22.7 Å². The van der Waals surface area contributed by atoms with Crippen molar-refractivity contribution in [1.82, 2.24) is 4.98 Å². The van der Waals surface area contributed by atoms with Crippen molar-refractivity contribution in [3.05, 3.63) is 28.1 Å². The molecule has 1 saturated heterocycles. The van der Waals surface area contributed by atoms with Crippen LogP contribution in [0.25, 0.3) is 0 Å². The first kappa shape index (κ1) is 16.8. The Labute approximate surface area is 135 Å². The van der Waals surface area contributed by atoms with Gasteiger partial charge in [-0.1, -0.05) is 29.8 Å². The quantitative estimate of drug-likeness (QED) is 0.510. The van der Waals surface area contributed by atoms with Crippen LogP contribution in [0.4, 0.5) is 10.1 Å². The van der Waals surface area contributed by atoms with Crippen molar-refractivity contribution in [2.24, 2.45) is 0 Å². The lowest BCUT2D eigenvalue weighted by Gasteiger charge is -2.29. The molecular weight excluding hydrogens is 338 g/mol. The Morgan fingerprint density at radius 2 is 2.18 bits per heavy atom. The van der Waals surface area contributed by atoms with Crippen molar-refractivity contribution in [3.63, 3.8) is 0 Å². The number of anilines is 1. The average Bonchev–Trinajstić information content (AvgIpc) is 2.98. The maximum absolute atomic E-state index is 13.6. The summed E-state index contributed by atoms with van der Waals surface area (Å²) in [7, 11) is 1.20. The fourth-order valence-corrected chi connectivity index (χ4v) is 2.37. The van der Waals surface area contributed by atoms with Crippen LogP contribution < -0.4 is 10.5 Å². The minimum atomic E-state index is -1.53. The molecule has 1 aliphatic heterocycles. The van der Waals surface area contributed by atoms with Gasteiger partial charge in [0.25, 0.3) is 0 Å². The number of nitrogen functional groups attached to an aromatic ring is 1. The molecule has 2 heterocycles. The number of halogens is 3. The smallest absolute Gasteiger partial charge is 0.339 e. The van der Waals surface area contributed by atoms with Crippen LogP contribution in [0.15, 0.2) is 12.2 Å². The molecule has 2 N–H and O–H groups in total. The van der Waals surface area contributed by atoms with Crippen LogP contribution in [0.3, 0.4) is 0 Å². The highest BCUT2D eigenvalue weighted by Crippen LogP contribution is 2.41. The molecule has 0 amide bonds. The van der Waals surface area contributed by atoms with Crippen LogP contribution in [0.1, 0.15) is 12.8 Å². The maximum Gasteiger partial charge on any atom is 0.339 e. The molecule has 0 bridgehead atoms. The molecule has 0 aromatic carbocycles. The number of pyridine rings is 1. The number of hydrogen-bond donors (Lipinski definition) is 1. The SMILES string of the molecule is C=C(C(=O)OC)C1(Oc2nc(F)c(Cl)c(N)c2Cl)CCCO1. The third-order valence-electron chi connectivity index (χ3n) is 3.18. The zero-order chi connectivity index (χ0) is 16.5. The molecule has 6 nitrogen and oxygen atoms in total. The van der Waals surface area contributed by atoms with Crippen molar-refractivity contribution >= 4 is 34.9 Å². The number of aromatic nitrogens is 1. The monoisotopic (exact) mass is 350 g/mol. The van der Waals surface area contributed by atoms with Gasteiger partial charge in [-0.25, -0.2) is 4.79 Å². The third-order valence-corrected chi connectivity index (χ3v) is 3.90. The van der Waals surface area contributed by atoms with E-state index in [1.165, 1.54) is 7.11 Å². The zero-order valence-corrected chi connectivity index (χ0v) is 13.1. The molecule has 9 heteroatoms. The lowest BCUT2D eigenvalue weighted by molar-refractivity contribution is -0.153. The molecule has 1 aromatic heterocycles. The average molecular weight is 351 g/mol. The van der Waals surface area contributed by atoms with Gasteiger partial charge in [0.15, 0.2) is 0 Å². The van der Waals surface area contributed by atoms with E-state index in [9.17, 15) is 9.18 Å². The second-order valence-corrected chi connectivity index (χ2v) is 5.28. The molecule has 0 radical (unpaired) electrons.